The molecule has 118 valence electrons. The highest BCUT2D eigenvalue weighted by molar-refractivity contribution is 5.85. The summed E-state index contributed by atoms with van der Waals surface area (Å²) in [7, 11) is 0. The van der Waals surface area contributed by atoms with Crippen molar-refractivity contribution in [2.45, 2.75) is 70.8 Å². The predicted octanol–water partition coefficient (Wildman–Crippen LogP) is 3.27. The molecule has 0 atom stereocenters. The van der Waals surface area contributed by atoms with Gasteiger partial charge in [-0.25, -0.2) is 0 Å². The van der Waals surface area contributed by atoms with E-state index in [4.69, 9.17) is 0 Å². The summed E-state index contributed by atoms with van der Waals surface area (Å²) in [5.41, 5.74) is 0. The molecule has 2 aliphatic rings. The molecule has 20 heavy (non-hydrogen) atoms. The minimum atomic E-state index is 0. The van der Waals surface area contributed by atoms with Gasteiger partial charge < -0.3 is 10.6 Å². The molecule has 1 amide bonds. The summed E-state index contributed by atoms with van der Waals surface area (Å²) in [6.07, 6.45) is 10.6. The SMILES string of the molecule is CCC1CCC(NC(=O)CCC2CCNCC2)CC1.Cl. The van der Waals surface area contributed by atoms with Crippen LogP contribution in [-0.4, -0.2) is 25.0 Å². The second-order valence-electron chi connectivity index (χ2n) is 6.43. The summed E-state index contributed by atoms with van der Waals surface area (Å²) in [6, 6.07) is 0.461. The number of piperidine rings is 1. The van der Waals surface area contributed by atoms with Gasteiger partial charge in [0, 0.05) is 12.5 Å². The molecule has 1 heterocycles. The van der Waals surface area contributed by atoms with E-state index in [1.807, 2.05) is 0 Å². The van der Waals surface area contributed by atoms with Crippen molar-refractivity contribution in [1.29, 1.82) is 0 Å². The van der Waals surface area contributed by atoms with E-state index >= 15 is 0 Å². The summed E-state index contributed by atoms with van der Waals surface area (Å²) in [5.74, 6) is 1.96. The highest BCUT2D eigenvalue weighted by Gasteiger charge is 2.21. The molecule has 0 spiro atoms. The number of carbonyl (C=O) groups excluding carboxylic acids is 1. The normalized spacial score (nSPS) is 27.6. The monoisotopic (exact) mass is 302 g/mol. The number of nitrogens with one attached hydrogen (secondary N) is 2. The smallest absolute Gasteiger partial charge is 0.220 e. The lowest BCUT2D eigenvalue weighted by Gasteiger charge is -2.28. The van der Waals surface area contributed by atoms with Crippen LogP contribution in [-0.2, 0) is 4.79 Å². The van der Waals surface area contributed by atoms with Gasteiger partial charge in [-0.2, -0.15) is 0 Å². The zero-order valence-electron chi connectivity index (χ0n) is 12.8. The van der Waals surface area contributed by atoms with Crippen LogP contribution in [0.3, 0.4) is 0 Å². The zero-order valence-corrected chi connectivity index (χ0v) is 13.6. The molecule has 0 unspecified atom stereocenters. The van der Waals surface area contributed by atoms with Gasteiger partial charge >= 0.3 is 0 Å². The molecule has 4 heteroatoms. The summed E-state index contributed by atoms with van der Waals surface area (Å²) in [5, 5.41) is 6.63. The largest absolute Gasteiger partial charge is 0.353 e. The fourth-order valence-electron chi connectivity index (χ4n) is 3.52. The fraction of sp³-hybridized carbons (Fsp3) is 0.938. The van der Waals surface area contributed by atoms with Gasteiger partial charge in [0.05, 0.1) is 0 Å². The molecule has 0 aromatic carbocycles. The summed E-state index contributed by atoms with van der Waals surface area (Å²) >= 11 is 0. The predicted molar refractivity (Wildman–Crippen MR) is 86.3 cm³/mol. The van der Waals surface area contributed by atoms with Crippen LogP contribution in [0, 0.1) is 11.8 Å². The van der Waals surface area contributed by atoms with Crippen LogP contribution >= 0.6 is 12.4 Å². The Morgan fingerprint density at radius 1 is 1.05 bits per heavy atom. The molecule has 3 nitrogen and oxygen atoms in total. The Bertz CT molecular complexity index is 272. The van der Waals surface area contributed by atoms with Gasteiger partial charge in [-0.05, 0) is 69.9 Å². The van der Waals surface area contributed by atoms with Crippen LogP contribution in [0.25, 0.3) is 0 Å². The first-order valence-electron chi connectivity index (χ1n) is 8.28. The number of halogens is 1. The van der Waals surface area contributed by atoms with E-state index in [2.05, 4.69) is 17.6 Å². The maximum Gasteiger partial charge on any atom is 0.220 e. The quantitative estimate of drug-likeness (QED) is 0.818. The van der Waals surface area contributed by atoms with Crippen molar-refractivity contribution in [3.05, 3.63) is 0 Å². The number of hydrogen-bond donors (Lipinski definition) is 2. The van der Waals surface area contributed by atoms with Gasteiger partial charge in [0.1, 0.15) is 0 Å². The third-order valence-corrected chi connectivity index (χ3v) is 5.03. The molecule has 2 N–H and O–H groups in total. The van der Waals surface area contributed by atoms with Crippen LogP contribution in [0.15, 0.2) is 0 Å². The van der Waals surface area contributed by atoms with Crippen molar-refractivity contribution in [1.82, 2.24) is 10.6 Å². The van der Waals surface area contributed by atoms with Crippen LogP contribution < -0.4 is 10.6 Å². The average molecular weight is 303 g/mol. The van der Waals surface area contributed by atoms with E-state index < -0.39 is 0 Å². The first kappa shape index (κ1) is 17.8. The zero-order chi connectivity index (χ0) is 13.5. The summed E-state index contributed by atoms with van der Waals surface area (Å²) in [6.45, 7) is 4.54. The third kappa shape index (κ3) is 6.01. The highest BCUT2D eigenvalue weighted by Crippen LogP contribution is 2.26. The van der Waals surface area contributed by atoms with E-state index in [-0.39, 0.29) is 12.4 Å². The first-order chi connectivity index (χ1) is 9.28. The lowest BCUT2D eigenvalue weighted by atomic mass is 9.84. The topological polar surface area (TPSA) is 41.1 Å². The lowest BCUT2D eigenvalue weighted by molar-refractivity contribution is -0.122. The van der Waals surface area contributed by atoms with E-state index in [9.17, 15) is 4.79 Å². The molecule has 0 aromatic rings. The molecular formula is C16H31ClN2O. The Hall–Kier alpha value is -0.280. The first-order valence-corrected chi connectivity index (χ1v) is 8.28. The Balaban J connectivity index is 0.00000200. The molecule has 2 fully saturated rings. The van der Waals surface area contributed by atoms with Crippen molar-refractivity contribution >= 4 is 18.3 Å². The highest BCUT2D eigenvalue weighted by atomic mass is 35.5. The summed E-state index contributed by atoms with van der Waals surface area (Å²) < 4.78 is 0. The lowest BCUT2D eigenvalue weighted by Crippen LogP contribution is -2.38. The van der Waals surface area contributed by atoms with Gasteiger partial charge in [0.25, 0.3) is 0 Å². The maximum absolute atomic E-state index is 12.0. The van der Waals surface area contributed by atoms with Crippen molar-refractivity contribution in [2.75, 3.05) is 13.1 Å². The molecule has 1 aliphatic heterocycles. The Labute approximate surface area is 130 Å². The van der Waals surface area contributed by atoms with Gasteiger partial charge in [-0.15, -0.1) is 12.4 Å². The minimum Gasteiger partial charge on any atom is -0.353 e. The fourth-order valence-corrected chi connectivity index (χ4v) is 3.52. The van der Waals surface area contributed by atoms with Gasteiger partial charge in [0.2, 0.25) is 5.91 Å². The Morgan fingerprint density at radius 2 is 1.70 bits per heavy atom. The molecule has 1 aliphatic carbocycles. The van der Waals surface area contributed by atoms with E-state index in [1.54, 1.807) is 0 Å². The Morgan fingerprint density at radius 3 is 2.30 bits per heavy atom. The van der Waals surface area contributed by atoms with Crippen molar-refractivity contribution in [3.63, 3.8) is 0 Å². The summed E-state index contributed by atoms with van der Waals surface area (Å²) in [4.78, 5) is 12.0. The van der Waals surface area contributed by atoms with Crippen LogP contribution in [0.4, 0.5) is 0 Å². The van der Waals surface area contributed by atoms with E-state index in [1.165, 1.54) is 44.9 Å². The molecule has 2 rings (SSSR count). The van der Waals surface area contributed by atoms with Gasteiger partial charge in [-0.3, -0.25) is 4.79 Å². The molecule has 0 bridgehead atoms. The molecule has 1 saturated carbocycles. The average Bonchev–Trinajstić information content (AvgIpc) is 2.47. The number of rotatable bonds is 5. The maximum atomic E-state index is 12.0. The molecular weight excluding hydrogens is 272 g/mol. The van der Waals surface area contributed by atoms with E-state index in [0.717, 1.165) is 37.8 Å². The van der Waals surface area contributed by atoms with Crippen LogP contribution in [0.5, 0.6) is 0 Å². The third-order valence-electron chi connectivity index (χ3n) is 5.03. The standard InChI is InChI=1S/C16H30N2O.ClH/c1-2-13-3-6-15(7-4-13)18-16(19)8-5-14-9-11-17-12-10-14;/h13-15,17H,2-12H2,1H3,(H,18,19);1H. The van der Waals surface area contributed by atoms with Gasteiger partial charge in [-0.1, -0.05) is 13.3 Å². The van der Waals surface area contributed by atoms with Crippen molar-refractivity contribution in [2.24, 2.45) is 11.8 Å². The Kier molecular flexibility index (Phi) is 8.55. The van der Waals surface area contributed by atoms with E-state index in [0.29, 0.717) is 11.9 Å². The van der Waals surface area contributed by atoms with Crippen molar-refractivity contribution < 1.29 is 4.79 Å². The van der Waals surface area contributed by atoms with Crippen molar-refractivity contribution in [3.8, 4) is 0 Å². The molecule has 1 saturated heterocycles. The molecule has 0 aromatic heterocycles. The second-order valence-corrected chi connectivity index (χ2v) is 6.43. The minimum absolute atomic E-state index is 0. The van der Waals surface area contributed by atoms with Gasteiger partial charge in [0.15, 0.2) is 0 Å². The van der Waals surface area contributed by atoms with Crippen LogP contribution in [0.1, 0.15) is 64.7 Å². The number of carbonyl (C=O) groups is 1. The second kappa shape index (κ2) is 9.62. The number of hydrogen-bond acceptors (Lipinski definition) is 2. The van der Waals surface area contributed by atoms with Crippen LogP contribution in [0.2, 0.25) is 0 Å². The number of amides is 1. The molecule has 0 radical (unpaired) electrons.